The van der Waals surface area contributed by atoms with Gasteiger partial charge >= 0.3 is 6.18 Å². The van der Waals surface area contributed by atoms with Crippen molar-refractivity contribution in [2.24, 2.45) is 0 Å². The lowest BCUT2D eigenvalue weighted by Gasteiger charge is -2.17. The molecule has 2 N–H and O–H groups in total. The fourth-order valence-electron chi connectivity index (χ4n) is 1.43. The third-order valence-electron chi connectivity index (χ3n) is 2.67. The average molecular weight is 329 g/mol. The summed E-state index contributed by atoms with van der Waals surface area (Å²) in [5.41, 5.74) is 3.19. The van der Waals surface area contributed by atoms with E-state index in [1.165, 1.54) is 10.9 Å². The first kappa shape index (κ1) is 16.6. The van der Waals surface area contributed by atoms with E-state index in [4.69, 9.17) is 0 Å². The van der Waals surface area contributed by atoms with Crippen molar-refractivity contribution in [3.63, 3.8) is 0 Å². The Bertz CT molecular complexity index is 688. The third kappa shape index (κ3) is 4.14. The molecule has 0 unspecified atom stereocenters. The van der Waals surface area contributed by atoms with Crippen LogP contribution in [0.3, 0.4) is 0 Å². The molecule has 0 aliphatic carbocycles. The van der Waals surface area contributed by atoms with Crippen molar-refractivity contribution in [2.45, 2.75) is 32.5 Å². The summed E-state index contributed by atoms with van der Waals surface area (Å²) in [6, 6.07) is 1.79. The largest absolute Gasteiger partial charge is 0.435 e. The lowest BCUT2D eigenvalue weighted by atomic mass is 10.1. The van der Waals surface area contributed by atoms with Crippen molar-refractivity contribution in [3.8, 4) is 0 Å². The van der Waals surface area contributed by atoms with Gasteiger partial charge in [0.15, 0.2) is 17.2 Å². The molecule has 0 saturated carbocycles. The molecule has 8 nitrogen and oxygen atoms in total. The van der Waals surface area contributed by atoms with Gasteiger partial charge in [0.1, 0.15) is 0 Å². The highest BCUT2D eigenvalue weighted by molar-refractivity contribution is 5.92. The van der Waals surface area contributed by atoms with Crippen molar-refractivity contribution in [2.75, 3.05) is 5.43 Å². The smallest absolute Gasteiger partial charge is 0.280 e. The molecule has 0 aliphatic heterocycles. The van der Waals surface area contributed by atoms with E-state index in [9.17, 15) is 18.0 Å². The molecule has 0 saturated heterocycles. The van der Waals surface area contributed by atoms with E-state index in [0.717, 1.165) is 12.1 Å². The van der Waals surface area contributed by atoms with Crippen molar-refractivity contribution in [3.05, 3.63) is 29.7 Å². The first-order chi connectivity index (χ1) is 10.6. The van der Waals surface area contributed by atoms with Gasteiger partial charge in [-0.25, -0.2) is 4.68 Å². The van der Waals surface area contributed by atoms with Gasteiger partial charge in [0.25, 0.3) is 5.91 Å². The number of carbonyl (C=O) groups excluding carboxylic acids is 1. The van der Waals surface area contributed by atoms with E-state index in [1.54, 1.807) is 0 Å². The van der Waals surface area contributed by atoms with E-state index >= 15 is 0 Å². The summed E-state index contributed by atoms with van der Waals surface area (Å²) in [5.74, 6) is -0.656. The number of hydrogen-bond donors (Lipinski definition) is 2. The lowest BCUT2D eigenvalue weighted by molar-refractivity contribution is -0.141. The summed E-state index contributed by atoms with van der Waals surface area (Å²) in [6.07, 6.45) is -3.12. The lowest BCUT2D eigenvalue weighted by Crippen LogP contribution is -2.30. The van der Waals surface area contributed by atoms with Crippen LogP contribution in [0.2, 0.25) is 0 Å². The third-order valence-corrected chi connectivity index (χ3v) is 2.67. The monoisotopic (exact) mass is 329 g/mol. The molecule has 2 rings (SSSR count). The normalized spacial score (nSPS) is 12.1. The van der Waals surface area contributed by atoms with Crippen LogP contribution in [0.4, 0.5) is 19.0 Å². The second-order valence-corrected chi connectivity index (χ2v) is 5.60. The first-order valence-electron chi connectivity index (χ1n) is 6.47. The van der Waals surface area contributed by atoms with Gasteiger partial charge in [0.05, 0.1) is 11.7 Å². The van der Waals surface area contributed by atoms with Crippen LogP contribution < -0.4 is 10.9 Å². The Morgan fingerprint density at radius 1 is 1.13 bits per heavy atom. The summed E-state index contributed by atoms with van der Waals surface area (Å²) in [5, 5.41) is 13.9. The molecule has 11 heteroatoms. The van der Waals surface area contributed by atoms with E-state index in [1.807, 2.05) is 20.8 Å². The molecule has 2 aromatic heterocycles. The number of hydrogen-bond acceptors (Lipinski definition) is 6. The first-order valence-corrected chi connectivity index (χ1v) is 6.47. The van der Waals surface area contributed by atoms with Crippen LogP contribution in [0.1, 0.15) is 37.0 Å². The summed E-state index contributed by atoms with van der Waals surface area (Å²) in [7, 11) is 0. The predicted molar refractivity (Wildman–Crippen MR) is 73.1 cm³/mol. The van der Waals surface area contributed by atoms with Crippen LogP contribution in [-0.4, -0.2) is 31.1 Å². The highest BCUT2D eigenvalue weighted by atomic mass is 19.4. The van der Waals surface area contributed by atoms with Crippen LogP contribution >= 0.6 is 0 Å². The number of carbonyl (C=O) groups is 1. The Labute approximate surface area is 129 Å². The molecule has 0 aromatic carbocycles. The molecule has 124 valence electrons. The SMILES string of the molecule is CC(C)(C)n1cc(C(=O)NNc2ccc(C(F)(F)F)nn2)nn1. The van der Waals surface area contributed by atoms with Gasteiger partial charge in [-0.05, 0) is 32.9 Å². The minimum Gasteiger partial charge on any atom is -0.280 e. The Kier molecular flexibility index (Phi) is 4.21. The van der Waals surface area contributed by atoms with Crippen LogP contribution in [0.25, 0.3) is 0 Å². The predicted octanol–water partition coefficient (Wildman–Crippen LogP) is 1.60. The molecule has 2 aromatic rings. The van der Waals surface area contributed by atoms with E-state index < -0.39 is 17.8 Å². The number of aromatic nitrogens is 5. The van der Waals surface area contributed by atoms with Crippen molar-refractivity contribution in [1.29, 1.82) is 0 Å². The molecule has 0 bridgehead atoms. The zero-order chi connectivity index (χ0) is 17.3. The quantitative estimate of drug-likeness (QED) is 0.830. The number of anilines is 1. The molecule has 0 spiro atoms. The minimum atomic E-state index is -4.57. The maximum Gasteiger partial charge on any atom is 0.435 e. The molecular formula is C12H14F3N7O. The molecule has 0 aliphatic rings. The second kappa shape index (κ2) is 5.82. The van der Waals surface area contributed by atoms with Gasteiger partial charge in [0, 0.05) is 0 Å². The Balaban J connectivity index is 1.98. The Morgan fingerprint density at radius 3 is 2.30 bits per heavy atom. The van der Waals surface area contributed by atoms with Crippen LogP contribution in [-0.2, 0) is 11.7 Å². The van der Waals surface area contributed by atoms with Crippen LogP contribution in [0.5, 0.6) is 0 Å². The van der Waals surface area contributed by atoms with E-state index in [2.05, 4.69) is 31.4 Å². The van der Waals surface area contributed by atoms with Gasteiger partial charge in [-0.2, -0.15) is 13.2 Å². The van der Waals surface area contributed by atoms with Crippen molar-refractivity contribution >= 4 is 11.7 Å². The molecule has 0 fully saturated rings. The Morgan fingerprint density at radius 2 is 1.83 bits per heavy atom. The number of amides is 1. The summed E-state index contributed by atoms with van der Waals surface area (Å²) in [6.45, 7) is 5.66. The zero-order valence-corrected chi connectivity index (χ0v) is 12.5. The number of nitrogens with one attached hydrogen (secondary N) is 2. The minimum absolute atomic E-state index is 0.0467. The molecule has 1 amide bonds. The standard InChI is InChI=1S/C12H14F3N7O/c1-11(2,3)22-6-7(16-21-22)10(23)20-19-9-5-4-8(17-18-9)12(13,14)15/h4-6H,1-3H3,(H,18,19)(H,20,23). The fraction of sp³-hybridized carbons (Fsp3) is 0.417. The summed E-state index contributed by atoms with van der Waals surface area (Å²) in [4.78, 5) is 11.9. The molecule has 0 radical (unpaired) electrons. The van der Waals surface area contributed by atoms with E-state index in [-0.39, 0.29) is 17.1 Å². The number of rotatable bonds is 3. The average Bonchev–Trinajstić information content (AvgIpc) is 2.94. The Hall–Kier alpha value is -2.72. The molecule has 23 heavy (non-hydrogen) atoms. The van der Waals surface area contributed by atoms with Crippen molar-refractivity contribution < 1.29 is 18.0 Å². The number of alkyl halides is 3. The van der Waals surface area contributed by atoms with Gasteiger partial charge in [0.2, 0.25) is 0 Å². The van der Waals surface area contributed by atoms with E-state index in [0.29, 0.717) is 0 Å². The van der Waals surface area contributed by atoms with Gasteiger partial charge in [-0.15, -0.1) is 15.3 Å². The maximum absolute atomic E-state index is 12.3. The molecule has 2 heterocycles. The second-order valence-electron chi connectivity index (χ2n) is 5.60. The maximum atomic E-state index is 12.3. The summed E-state index contributed by atoms with van der Waals surface area (Å²) >= 11 is 0. The van der Waals surface area contributed by atoms with Crippen LogP contribution in [0, 0.1) is 0 Å². The van der Waals surface area contributed by atoms with Gasteiger partial charge in [-0.1, -0.05) is 5.21 Å². The number of hydrazine groups is 1. The van der Waals surface area contributed by atoms with Crippen LogP contribution in [0.15, 0.2) is 18.3 Å². The fourth-order valence-corrected chi connectivity index (χ4v) is 1.43. The molecular weight excluding hydrogens is 315 g/mol. The summed E-state index contributed by atoms with van der Waals surface area (Å²) < 4.78 is 38.5. The zero-order valence-electron chi connectivity index (χ0n) is 12.5. The van der Waals surface area contributed by atoms with Gasteiger partial charge < -0.3 is 0 Å². The highest BCUT2D eigenvalue weighted by Crippen LogP contribution is 2.26. The number of halogens is 3. The van der Waals surface area contributed by atoms with Crippen molar-refractivity contribution in [1.82, 2.24) is 30.6 Å². The molecule has 0 atom stereocenters. The topological polar surface area (TPSA) is 97.6 Å². The highest BCUT2D eigenvalue weighted by Gasteiger charge is 2.32. The van der Waals surface area contributed by atoms with Gasteiger partial charge in [-0.3, -0.25) is 15.6 Å². The number of nitrogens with zero attached hydrogens (tertiary/aromatic N) is 5.